The molecule has 0 unspecified atom stereocenters. The minimum atomic E-state index is -0.0399. The standard InChI is InChI=1S/C50H35NO/c1-50(2)45-17-7-6-16-41(45)42-22-18-39(30-46(42)50)47-23-19-40(31-51-47)38-21-25-49-44(29-38)43-28-37(20-24-48(43)52-49)36-15-9-14-35(27-36)34-13-8-12-33(26-34)32-10-4-3-5-11-32/h3-31H,1-2H3. The van der Waals surface area contributed by atoms with E-state index in [1.54, 1.807) is 0 Å². The zero-order valence-corrected chi connectivity index (χ0v) is 29.1. The average Bonchev–Trinajstić information content (AvgIpc) is 3.69. The van der Waals surface area contributed by atoms with Gasteiger partial charge in [0.1, 0.15) is 11.2 Å². The summed E-state index contributed by atoms with van der Waals surface area (Å²) in [5, 5.41) is 2.21. The number of nitrogens with zero attached hydrogens (tertiary/aromatic N) is 1. The Balaban J connectivity index is 0.963. The first kappa shape index (κ1) is 30.3. The predicted octanol–water partition coefficient (Wildman–Crippen LogP) is 13.6. The van der Waals surface area contributed by atoms with Crippen LogP contribution in [0.15, 0.2) is 180 Å². The van der Waals surface area contributed by atoms with Crippen LogP contribution in [-0.4, -0.2) is 4.98 Å². The summed E-state index contributed by atoms with van der Waals surface area (Å²) in [7, 11) is 0. The van der Waals surface area contributed by atoms with Crippen LogP contribution in [0.5, 0.6) is 0 Å². The van der Waals surface area contributed by atoms with Crippen molar-refractivity contribution in [3.63, 3.8) is 0 Å². The van der Waals surface area contributed by atoms with Gasteiger partial charge in [0.2, 0.25) is 0 Å². The van der Waals surface area contributed by atoms with Crippen molar-refractivity contribution in [3.05, 3.63) is 187 Å². The Hall–Kier alpha value is -6.51. The Bertz CT molecular complexity index is 2800. The number of rotatable bonds is 5. The van der Waals surface area contributed by atoms with Crippen LogP contribution in [0.4, 0.5) is 0 Å². The molecule has 2 nitrogen and oxygen atoms in total. The maximum absolute atomic E-state index is 6.32. The molecule has 0 N–H and O–H groups in total. The van der Waals surface area contributed by atoms with Crippen molar-refractivity contribution in [1.29, 1.82) is 0 Å². The van der Waals surface area contributed by atoms with E-state index in [9.17, 15) is 0 Å². The van der Waals surface area contributed by atoms with Gasteiger partial charge in [-0.3, -0.25) is 4.98 Å². The molecule has 1 aliphatic rings. The lowest BCUT2D eigenvalue weighted by atomic mass is 9.82. The fraction of sp³-hybridized carbons (Fsp3) is 0.0600. The van der Waals surface area contributed by atoms with Crippen LogP contribution in [0.2, 0.25) is 0 Å². The molecule has 2 heterocycles. The summed E-state index contributed by atoms with van der Waals surface area (Å²) in [6.45, 7) is 4.64. The summed E-state index contributed by atoms with van der Waals surface area (Å²) in [6, 6.07) is 61.0. The lowest BCUT2D eigenvalue weighted by Gasteiger charge is -2.21. The molecule has 0 amide bonds. The molecule has 10 rings (SSSR count). The van der Waals surface area contributed by atoms with E-state index < -0.39 is 0 Å². The second-order valence-electron chi connectivity index (χ2n) is 14.4. The number of hydrogen-bond acceptors (Lipinski definition) is 2. The van der Waals surface area contributed by atoms with E-state index in [1.165, 1.54) is 50.1 Å². The summed E-state index contributed by atoms with van der Waals surface area (Å²) in [6.07, 6.45) is 2.00. The summed E-state index contributed by atoms with van der Waals surface area (Å²) in [5.74, 6) is 0. The van der Waals surface area contributed by atoms with Crippen molar-refractivity contribution in [1.82, 2.24) is 4.98 Å². The Morgan fingerprint density at radius 3 is 1.56 bits per heavy atom. The minimum Gasteiger partial charge on any atom is -0.456 e. The van der Waals surface area contributed by atoms with Crippen LogP contribution >= 0.6 is 0 Å². The van der Waals surface area contributed by atoms with Gasteiger partial charge >= 0.3 is 0 Å². The van der Waals surface area contributed by atoms with Crippen molar-refractivity contribution < 1.29 is 4.42 Å². The monoisotopic (exact) mass is 665 g/mol. The highest BCUT2D eigenvalue weighted by Crippen LogP contribution is 2.49. The average molecular weight is 666 g/mol. The zero-order chi connectivity index (χ0) is 34.8. The molecule has 0 spiro atoms. The number of fused-ring (bicyclic) bond motifs is 6. The molecule has 0 aliphatic heterocycles. The molecular formula is C50H35NO. The Kier molecular flexibility index (Phi) is 6.87. The van der Waals surface area contributed by atoms with Crippen molar-refractivity contribution >= 4 is 21.9 Å². The number of benzene rings is 7. The fourth-order valence-corrected chi connectivity index (χ4v) is 8.12. The molecule has 0 saturated heterocycles. The lowest BCUT2D eigenvalue weighted by Crippen LogP contribution is -2.14. The minimum absolute atomic E-state index is 0.0399. The topological polar surface area (TPSA) is 26.0 Å². The van der Waals surface area contributed by atoms with Gasteiger partial charge in [0.25, 0.3) is 0 Å². The van der Waals surface area contributed by atoms with Crippen molar-refractivity contribution in [2.75, 3.05) is 0 Å². The first-order valence-electron chi connectivity index (χ1n) is 17.9. The molecule has 0 radical (unpaired) electrons. The molecule has 7 aromatic carbocycles. The molecule has 52 heavy (non-hydrogen) atoms. The predicted molar refractivity (Wildman–Crippen MR) is 216 cm³/mol. The molecule has 9 aromatic rings. The van der Waals surface area contributed by atoms with Gasteiger partial charge in [-0.2, -0.15) is 0 Å². The molecule has 2 aromatic heterocycles. The molecule has 246 valence electrons. The van der Waals surface area contributed by atoms with Gasteiger partial charge in [-0.15, -0.1) is 0 Å². The van der Waals surface area contributed by atoms with Gasteiger partial charge in [0, 0.05) is 33.5 Å². The van der Waals surface area contributed by atoms with Gasteiger partial charge < -0.3 is 4.42 Å². The first-order chi connectivity index (χ1) is 25.5. The largest absolute Gasteiger partial charge is 0.456 e. The molecule has 1 aliphatic carbocycles. The maximum Gasteiger partial charge on any atom is 0.135 e. The third-order valence-corrected chi connectivity index (χ3v) is 10.9. The zero-order valence-electron chi connectivity index (χ0n) is 29.1. The Morgan fingerprint density at radius 2 is 0.904 bits per heavy atom. The van der Waals surface area contributed by atoms with E-state index in [0.717, 1.165) is 49.9 Å². The van der Waals surface area contributed by atoms with Gasteiger partial charge in [-0.25, -0.2) is 0 Å². The van der Waals surface area contributed by atoms with E-state index >= 15 is 0 Å². The van der Waals surface area contributed by atoms with E-state index in [2.05, 4.69) is 184 Å². The SMILES string of the molecule is CC1(C)c2ccccc2-c2ccc(-c3ccc(-c4ccc5oc6ccc(-c7cccc(-c8cccc(-c9ccccc9)c8)c7)cc6c5c4)cn3)cc21. The van der Waals surface area contributed by atoms with Crippen LogP contribution in [0.1, 0.15) is 25.0 Å². The quantitative estimate of drug-likeness (QED) is 0.183. The van der Waals surface area contributed by atoms with Crippen LogP contribution in [0, 0.1) is 0 Å². The smallest absolute Gasteiger partial charge is 0.135 e. The second-order valence-corrected chi connectivity index (χ2v) is 14.4. The molecule has 0 saturated carbocycles. The third-order valence-electron chi connectivity index (χ3n) is 10.9. The van der Waals surface area contributed by atoms with E-state index in [-0.39, 0.29) is 5.41 Å². The number of aromatic nitrogens is 1. The fourth-order valence-electron chi connectivity index (χ4n) is 8.12. The second kappa shape index (κ2) is 11.8. The van der Waals surface area contributed by atoms with Crippen LogP contribution < -0.4 is 0 Å². The first-order valence-corrected chi connectivity index (χ1v) is 17.9. The molecular weight excluding hydrogens is 631 g/mol. The van der Waals surface area contributed by atoms with Gasteiger partial charge in [0.15, 0.2) is 0 Å². The number of furan rings is 1. The maximum atomic E-state index is 6.32. The third kappa shape index (κ3) is 4.99. The normalized spacial score (nSPS) is 13.0. The van der Waals surface area contributed by atoms with E-state index in [1.807, 2.05) is 6.20 Å². The van der Waals surface area contributed by atoms with Crippen LogP contribution in [-0.2, 0) is 5.41 Å². The lowest BCUT2D eigenvalue weighted by molar-refractivity contribution is 0.660. The van der Waals surface area contributed by atoms with Gasteiger partial charge in [0.05, 0.1) is 5.69 Å². The number of hydrogen-bond donors (Lipinski definition) is 0. The summed E-state index contributed by atoms with van der Waals surface area (Å²) in [4.78, 5) is 4.96. The Labute approximate surface area is 303 Å². The highest BCUT2D eigenvalue weighted by atomic mass is 16.3. The number of pyridine rings is 1. The molecule has 2 heteroatoms. The van der Waals surface area contributed by atoms with E-state index in [4.69, 9.17) is 9.40 Å². The van der Waals surface area contributed by atoms with Crippen LogP contribution in [0.3, 0.4) is 0 Å². The highest BCUT2D eigenvalue weighted by Gasteiger charge is 2.35. The van der Waals surface area contributed by atoms with Crippen molar-refractivity contribution in [2.45, 2.75) is 19.3 Å². The van der Waals surface area contributed by atoms with Gasteiger partial charge in [-0.05, 0) is 110 Å². The van der Waals surface area contributed by atoms with Gasteiger partial charge in [-0.1, -0.05) is 135 Å². The Morgan fingerprint density at radius 1 is 0.385 bits per heavy atom. The molecule has 0 fully saturated rings. The summed E-state index contributed by atoms with van der Waals surface area (Å²) >= 11 is 0. The molecule has 0 atom stereocenters. The molecule has 0 bridgehead atoms. The van der Waals surface area contributed by atoms with Crippen molar-refractivity contribution in [3.8, 4) is 66.9 Å². The van der Waals surface area contributed by atoms with E-state index in [0.29, 0.717) is 0 Å². The van der Waals surface area contributed by atoms with Crippen LogP contribution in [0.25, 0.3) is 88.8 Å². The van der Waals surface area contributed by atoms with Crippen molar-refractivity contribution in [2.24, 2.45) is 0 Å². The summed E-state index contributed by atoms with van der Waals surface area (Å²) < 4.78 is 6.32. The highest BCUT2D eigenvalue weighted by molar-refractivity contribution is 6.07. The summed E-state index contributed by atoms with van der Waals surface area (Å²) in [5.41, 5.74) is 18.6.